The van der Waals surface area contributed by atoms with Gasteiger partial charge >= 0.3 is 0 Å². The van der Waals surface area contributed by atoms with E-state index in [1.54, 1.807) is 0 Å². The van der Waals surface area contributed by atoms with Gasteiger partial charge in [0.1, 0.15) is 0 Å². The van der Waals surface area contributed by atoms with Gasteiger partial charge < -0.3 is 5.32 Å². The third-order valence-electron chi connectivity index (χ3n) is 4.11. The molecule has 2 nitrogen and oxygen atoms in total. The zero-order valence-electron chi connectivity index (χ0n) is 13.3. The van der Waals surface area contributed by atoms with Crippen LogP contribution in [0.1, 0.15) is 40.2 Å². The summed E-state index contributed by atoms with van der Waals surface area (Å²) >= 11 is 2.37. The molecule has 20 heavy (non-hydrogen) atoms. The summed E-state index contributed by atoms with van der Waals surface area (Å²) in [4.78, 5) is 2.65. The summed E-state index contributed by atoms with van der Waals surface area (Å²) < 4.78 is 1.30. The SMILES string of the molecule is CC1(C)CN(Cc2ccc(I)cc2)C(C(C)(C)C)CN1. The number of rotatable bonds is 2. The molecule has 0 amide bonds. The van der Waals surface area contributed by atoms with Crippen molar-refractivity contribution < 1.29 is 0 Å². The van der Waals surface area contributed by atoms with E-state index >= 15 is 0 Å². The molecule has 1 atom stereocenters. The molecule has 1 aliphatic heterocycles. The molecule has 0 aliphatic carbocycles. The molecule has 1 aliphatic rings. The van der Waals surface area contributed by atoms with Crippen LogP contribution in [-0.2, 0) is 6.54 Å². The van der Waals surface area contributed by atoms with E-state index in [4.69, 9.17) is 0 Å². The number of nitrogens with zero attached hydrogens (tertiary/aromatic N) is 1. The molecule has 1 aromatic carbocycles. The predicted molar refractivity (Wildman–Crippen MR) is 94.9 cm³/mol. The van der Waals surface area contributed by atoms with Crippen molar-refractivity contribution in [2.75, 3.05) is 13.1 Å². The number of halogens is 1. The van der Waals surface area contributed by atoms with Crippen molar-refractivity contribution in [3.63, 3.8) is 0 Å². The van der Waals surface area contributed by atoms with Crippen LogP contribution in [0.4, 0.5) is 0 Å². The number of piperazine rings is 1. The molecule has 3 heteroatoms. The van der Waals surface area contributed by atoms with Crippen molar-refractivity contribution in [3.8, 4) is 0 Å². The Morgan fingerprint density at radius 2 is 1.85 bits per heavy atom. The van der Waals surface area contributed by atoms with Gasteiger partial charge in [-0.15, -0.1) is 0 Å². The van der Waals surface area contributed by atoms with E-state index in [2.05, 4.69) is 91.7 Å². The summed E-state index contributed by atoms with van der Waals surface area (Å²) in [5.74, 6) is 0. The molecule has 1 aromatic rings. The summed E-state index contributed by atoms with van der Waals surface area (Å²) in [5, 5.41) is 3.70. The smallest absolute Gasteiger partial charge is 0.0273 e. The molecule has 0 bridgehead atoms. The van der Waals surface area contributed by atoms with Gasteiger partial charge in [-0.05, 0) is 59.5 Å². The Balaban J connectivity index is 2.17. The van der Waals surface area contributed by atoms with Gasteiger partial charge in [0.2, 0.25) is 0 Å². The quantitative estimate of drug-likeness (QED) is 0.776. The highest BCUT2D eigenvalue weighted by molar-refractivity contribution is 14.1. The maximum Gasteiger partial charge on any atom is 0.0273 e. The van der Waals surface area contributed by atoms with Crippen molar-refractivity contribution in [2.45, 2.75) is 52.7 Å². The maximum atomic E-state index is 3.70. The topological polar surface area (TPSA) is 15.3 Å². The standard InChI is InChI=1S/C17H27IN2/c1-16(2,3)15-10-19-17(4,5)12-20(15)11-13-6-8-14(18)9-7-13/h6-9,15,19H,10-12H2,1-5H3. The second-order valence-electron chi connectivity index (χ2n) is 7.68. The molecule has 1 unspecified atom stereocenters. The van der Waals surface area contributed by atoms with Crippen LogP contribution in [0.3, 0.4) is 0 Å². The van der Waals surface area contributed by atoms with E-state index in [0.717, 1.165) is 19.6 Å². The molecule has 1 saturated heterocycles. The van der Waals surface area contributed by atoms with Crippen LogP contribution >= 0.6 is 22.6 Å². The van der Waals surface area contributed by atoms with E-state index in [-0.39, 0.29) is 5.54 Å². The van der Waals surface area contributed by atoms with Crippen LogP contribution in [0.2, 0.25) is 0 Å². The number of hydrogen-bond donors (Lipinski definition) is 1. The van der Waals surface area contributed by atoms with Crippen molar-refractivity contribution >= 4 is 22.6 Å². The number of nitrogens with one attached hydrogen (secondary N) is 1. The van der Waals surface area contributed by atoms with Crippen LogP contribution in [-0.4, -0.2) is 29.6 Å². The Bertz CT molecular complexity index is 445. The molecule has 1 N–H and O–H groups in total. The molecule has 0 aromatic heterocycles. The fourth-order valence-electron chi connectivity index (χ4n) is 3.02. The van der Waals surface area contributed by atoms with Gasteiger partial charge in [-0.3, -0.25) is 4.90 Å². The molecule has 112 valence electrons. The maximum absolute atomic E-state index is 3.70. The lowest BCUT2D eigenvalue weighted by atomic mass is 9.82. The second kappa shape index (κ2) is 5.93. The van der Waals surface area contributed by atoms with E-state index in [1.165, 1.54) is 9.13 Å². The summed E-state index contributed by atoms with van der Waals surface area (Å²) in [5.41, 5.74) is 1.91. The summed E-state index contributed by atoms with van der Waals surface area (Å²) in [6, 6.07) is 9.51. The van der Waals surface area contributed by atoms with Crippen LogP contribution in [0, 0.1) is 8.99 Å². The highest BCUT2D eigenvalue weighted by atomic mass is 127. The van der Waals surface area contributed by atoms with Crippen LogP contribution in [0.25, 0.3) is 0 Å². The minimum Gasteiger partial charge on any atom is -0.309 e. The average Bonchev–Trinajstić information content (AvgIpc) is 2.29. The minimum absolute atomic E-state index is 0.199. The molecule has 0 radical (unpaired) electrons. The molecular formula is C17H27IN2. The molecule has 2 rings (SSSR count). The highest BCUT2D eigenvalue weighted by Gasteiger charge is 2.38. The van der Waals surface area contributed by atoms with Crippen molar-refractivity contribution in [1.29, 1.82) is 0 Å². The first kappa shape index (κ1) is 16.2. The Hall–Kier alpha value is -0.130. The van der Waals surface area contributed by atoms with Crippen molar-refractivity contribution in [1.82, 2.24) is 10.2 Å². The summed E-state index contributed by atoms with van der Waals surface area (Å²) in [6.07, 6.45) is 0. The minimum atomic E-state index is 0.199. The van der Waals surface area contributed by atoms with Crippen LogP contribution < -0.4 is 5.32 Å². The second-order valence-corrected chi connectivity index (χ2v) is 8.92. The molecule has 0 spiro atoms. The Morgan fingerprint density at radius 1 is 1.25 bits per heavy atom. The first-order chi connectivity index (χ1) is 9.17. The third kappa shape index (κ3) is 4.18. The van der Waals surface area contributed by atoms with Crippen molar-refractivity contribution in [2.24, 2.45) is 5.41 Å². The molecule has 0 saturated carbocycles. The Kier molecular flexibility index (Phi) is 4.82. The normalized spacial score (nSPS) is 23.8. The summed E-state index contributed by atoms with van der Waals surface area (Å²) in [6.45, 7) is 14.8. The zero-order valence-corrected chi connectivity index (χ0v) is 15.5. The number of benzene rings is 1. The lowest BCUT2D eigenvalue weighted by Gasteiger charge is -2.49. The fraction of sp³-hybridized carbons (Fsp3) is 0.647. The highest BCUT2D eigenvalue weighted by Crippen LogP contribution is 2.30. The van der Waals surface area contributed by atoms with E-state index in [1.807, 2.05) is 0 Å². The lowest BCUT2D eigenvalue weighted by molar-refractivity contribution is 0.0272. The lowest BCUT2D eigenvalue weighted by Crippen LogP contribution is -2.64. The van der Waals surface area contributed by atoms with Gasteiger partial charge in [0.05, 0.1) is 0 Å². The van der Waals surface area contributed by atoms with Gasteiger partial charge in [-0.1, -0.05) is 32.9 Å². The monoisotopic (exact) mass is 386 g/mol. The predicted octanol–water partition coefficient (Wildman–Crippen LogP) is 3.89. The fourth-order valence-corrected chi connectivity index (χ4v) is 3.38. The molecular weight excluding hydrogens is 359 g/mol. The van der Waals surface area contributed by atoms with Gasteiger partial charge in [0.25, 0.3) is 0 Å². The molecule has 1 fully saturated rings. The zero-order chi connectivity index (χ0) is 15.0. The summed E-state index contributed by atoms with van der Waals surface area (Å²) in [7, 11) is 0. The van der Waals surface area contributed by atoms with Crippen LogP contribution in [0.15, 0.2) is 24.3 Å². The Labute approximate surface area is 137 Å². The van der Waals surface area contributed by atoms with Gasteiger partial charge in [0, 0.05) is 34.8 Å². The van der Waals surface area contributed by atoms with Crippen molar-refractivity contribution in [3.05, 3.63) is 33.4 Å². The average molecular weight is 386 g/mol. The first-order valence-corrected chi connectivity index (χ1v) is 8.49. The number of hydrogen-bond acceptors (Lipinski definition) is 2. The van der Waals surface area contributed by atoms with Gasteiger partial charge in [-0.25, -0.2) is 0 Å². The third-order valence-corrected chi connectivity index (χ3v) is 4.83. The van der Waals surface area contributed by atoms with Crippen LogP contribution in [0.5, 0.6) is 0 Å². The largest absolute Gasteiger partial charge is 0.309 e. The van der Waals surface area contributed by atoms with E-state index < -0.39 is 0 Å². The van der Waals surface area contributed by atoms with E-state index in [9.17, 15) is 0 Å². The van der Waals surface area contributed by atoms with Gasteiger partial charge in [0.15, 0.2) is 0 Å². The first-order valence-electron chi connectivity index (χ1n) is 7.41. The molecule has 1 heterocycles. The Morgan fingerprint density at radius 3 is 2.40 bits per heavy atom. The van der Waals surface area contributed by atoms with E-state index in [0.29, 0.717) is 11.5 Å². The van der Waals surface area contributed by atoms with Gasteiger partial charge in [-0.2, -0.15) is 0 Å².